The van der Waals surface area contributed by atoms with Gasteiger partial charge in [0.1, 0.15) is 5.75 Å². The summed E-state index contributed by atoms with van der Waals surface area (Å²) in [6.45, 7) is 2.67. The van der Waals surface area contributed by atoms with Gasteiger partial charge in [0.15, 0.2) is 0 Å². The molecule has 0 amide bonds. The van der Waals surface area contributed by atoms with Gasteiger partial charge in [-0.25, -0.2) is 4.98 Å². The van der Waals surface area contributed by atoms with Gasteiger partial charge in [-0.15, -0.1) is 11.3 Å². The van der Waals surface area contributed by atoms with Crippen molar-refractivity contribution in [1.29, 1.82) is 0 Å². The molecule has 0 radical (unpaired) electrons. The van der Waals surface area contributed by atoms with Gasteiger partial charge in [0.05, 0.1) is 23.9 Å². The van der Waals surface area contributed by atoms with Crippen molar-refractivity contribution in [3.05, 3.63) is 46.4 Å². The Morgan fingerprint density at radius 2 is 2.35 bits per heavy atom. The van der Waals surface area contributed by atoms with Crippen LogP contribution in [0.15, 0.2) is 35.2 Å². The van der Waals surface area contributed by atoms with Crippen molar-refractivity contribution in [3.63, 3.8) is 0 Å². The summed E-state index contributed by atoms with van der Waals surface area (Å²) in [6, 6.07) is 8.26. The first-order chi connectivity index (χ1) is 8.35. The molecule has 17 heavy (non-hydrogen) atoms. The van der Waals surface area contributed by atoms with E-state index in [2.05, 4.69) is 27.8 Å². The van der Waals surface area contributed by atoms with Crippen molar-refractivity contribution in [3.8, 4) is 5.75 Å². The molecular weight excluding hydrogens is 232 g/mol. The molecule has 3 nitrogen and oxygen atoms in total. The first kappa shape index (κ1) is 12.1. The minimum Gasteiger partial charge on any atom is -0.494 e. The lowest BCUT2D eigenvalue weighted by Crippen LogP contribution is -2.17. The van der Waals surface area contributed by atoms with Crippen molar-refractivity contribution in [2.45, 2.75) is 13.0 Å². The molecule has 2 rings (SSSR count). The summed E-state index contributed by atoms with van der Waals surface area (Å²) >= 11 is 1.61. The summed E-state index contributed by atoms with van der Waals surface area (Å²) in [7, 11) is 1.94. The summed E-state index contributed by atoms with van der Waals surface area (Å²) in [5.41, 5.74) is 4.07. The minimum atomic E-state index is 0.127. The van der Waals surface area contributed by atoms with Gasteiger partial charge in [0.25, 0.3) is 0 Å². The van der Waals surface area contributed by atoms with Crippen LogP contribution in [0.1, 0.15) is 24.2 Å². The Morgan fingerprint density at radius 3 is 3.00 bits per heavy atom. The van der Waals surface area contributed by atoms with Crippen molar-refractivity contribution in [2.24, 2.45) is 0 Å². The lowest BCUT2D eigenvalue weighted by molar-refractivity contribution is 0.339. The largest absolute Gasteiger partial charge is 0.494 e. The van der Waals surface area contributed by atoms with E-state index >= 15 is 0 Å². The van der Waals surface area contributed by atoms with Crippen LogP contribution in [0.3, 0.4) is 0 Å². The summed E-state index contributed by atoms with van der Waals surface area (Å²) in [5, 5.41) is 5.34. The summed E-state index contributed by atoms with van der Waals surface area (Å²) < 4.78 is 5.51. The maximum atomic E-state index is 5.51. The Bertz CT molecular complexity index is 456. The third-order valence-corrected chi connectivity index (χ3v) is 3.14. The molecular formula is C13H16N2OS. The van der Waals surface area contributed by atoms with Crippen LogP contribution in [0.5, 0.6) is 5.75 Å². The van der Waals surface area contributed by atoms with Crippen LogP contribution in [-0.2, 0) is 0 Å². The maximum Gasteiger partial charge on any atom is 0.119 e. The third kappa shape index (κ3) is 2.84. The Hall–Kier alpha value is -1.39. The van der Waals surface area contributed by atoms with Crippen molar-refractivity contribution >= 4 is 11.3 Å². The fourth-order valence-corrected chi connectivity index (χ4v) is 2.38. The van der Waals surface area contributed by atoms with E-state index in [0.29, 0.717) is 6.61 Å². The molecule has 1 N–H and O–H groups in total. The Kier molecular flexibility index (Phi) is 4.12. The van der Waals surface area contributed by atoms with Crippen molar-refractivity contribution in [2.75, 3.05) is 13.7 Å². The van der Waals surface area contributed by atoms with Crippen molar-refractivity contribution in [1.82, 2.24) is 10.3 Å². The van der Waals surface area contributed by atoms with Crippen LogP contribution in [0, 0.1) is 0 Å². The third-order valence-electron chi connectivity index (χ3n) is 2.54. The number of hydrogen-bond acceptors (Lipinski definition) is 4. The van der Waals surface area contributed by atoms with E-state index < -0.39 is 0 Å². The number of nitrogens with zero attached hydrogens (tertiary/aromatic N) is 1. The molecule has 1 unspecified atom stereocenters. The second-order valence-electron chi connectivity index (χ2n) is 3.64. The van der Waals surface area contributed by atoms with Crippen LogP contribution >= 0.6 is 11.3 Å². The van der Waals surface area contributed by atoms with E-state index in [1.807, 2.05) is 31.6 Å². The normalized spacial score (nSPS) is 12.4. The van der Waals surface area contributed by atoms with Gasteiger partial charge in [-0.05, 0) is 31.7 Å². The zero-order valence-corrected chi connectivity index (χ0v) is 10.8. The maximum absolute atomic E-state index is 5.51. The van der Waals surface area contributed by atoms with E-state index in [-0.39, 0.29) is 6.04 Å². The van der Waals surface area contributed by atoms with Gasteiger partial charge >= 0.3 is 0 Å². The molecule has 2 aromatic rings. The molecule has 0 saturated carbocycles. The molecule has 1 aromatic heterocycles. The van der Waals surface area contributed by atoms with E-state index in [1.54, 1.807) is 11.3 Å². The smallest absolute Gasteiger partial charge is 0.119 e. The van der Waals surface area contributed by atoms with Gasteiger partial charge < -0.3 is 10.1 Å². The second kappa shape index (κ2) is 5.80. The SMILES string of the molecule is CCOc1cccc(C(NC)c2cscn2)c1. The van der Waals surface area contributed by atoms with Crippen LogP contribution in [0.4, 0.5) is 0 Å². The predicted octanol–water partition coefficient (Wildman–Crippen LogP) is 2.85. The standard InChI is InChI=1S/C13H16N2OS/c1-3-16-11-6-4-5-10(7-11)13(14-2)12-8-17-9-15-12/h4-9,13-14H,3H2,1-2H3. The highest BCUT2D eigenvalue weighted by Gasteiger charge is 2.14. The van der Waals surface area contributed by atoms with E-state index in [9.17, 15) is 0 Å². The van der Waals surface area contributed by atoms with Crippen LogP contribution in [0.2, 0.25) is 0 Å². The average molecular weight is 248 g/mol. The fraction of sp³-hybridized carbons (Fsp3) is 0.308. The van der Waals surface area contributed by atoms with Gasteiger partial charge in [-0.1, -0.05) is 12.1 Å². The van der Waals surface area contributed by atoms with Gasteiger partial charge in [-0.2, -0.15) is 0 Å². The molecule has 1 atom stereocenters. The number of ether oxygens (including phenoxy) is 1. The average Bonchev–Trinajstić information content (AvgIpc) is 2.85. The number of thiazole rings is 1. The van der Waals surface area contributed by atoms with Gasteiger partial charge in [-0.3, -0.25) is 0 Å². The van der Waals surface area contributed by atoms with Crippen LogP contribution < -0.4 is 10.1 Å². The highest BCUT2D eigenvalue weighted by Crippen LogP contribution is 2.24. The lowest BCUT2D eigenvalue weighted by atomic mass is 10.0. The van der Waals surface area contributed by atoms with E-state index in [1.165, 1.54) is 5.56 Å². The van der Waals surface area contributed by atoms with Gasteiger partial charge in [0, 0.05) is 5.38 Å². The highest BCUT2D eigenvalue weighted by molar-refractivity contribution is 7.07. The Balaban J connectivity index is 2.28. The predicted molar refractivity (Wildman–Crippen MR) is 70.6 cm³/mol. The fourth-order valence-electron chi connectivity index (χ4n) is 1.80. The van der Waals surface area contributed by atoms with Crippen molar-refractivity contribution < 1.29 is 4.74 Å². The molecule has 0 spiro atoms. The molecule has 90 valence electrons. The van der Waals surface area contributed by atoms with Crippen LogP contribution in [-0.4, -0.2) is 18.6 Å². The number of nitrogens with one attached hydrogen (secondary N) is 1. The minimum absolute atomic E-state index is 0.127. The highest BCUT2D eigenvalue weighted by atomic mass is 32.1. The molecule has 1 aromatic carbocycles. The number of benzene rings is 1. The zero-order chi connectivity index (χ0) is 12.1. The monoisotopic (exact) mass is 248 g/mol. The van der Waals surface area contributed by atoms with Crippen LogP contribution in [0.25, 0.3) is 0 Å². The summed E-state index contributed by atoms with van der Waals surface area (Å²) in [4.78, 5) is 4.35. The molecule has 0 fully saturated rings. The molecule has 0 bridgehead atoms. The summed E-state index contributed by atoms with van der Waals surface area (Å²) in [6.07, 6.45) is 0. The quantitative estimate of drug-likeness (QED) is 0.883. The number of hydrogen-bond donors (Lipinski definition) is 1. The Labute approximate surface area is 105 Å². The molecule has 0 aliphatic carbocycles. The Morgan fingerprint density at radius 1 is 1.47 bits per heavy atom. The summed E-state index contributed by atoms with van der Waals surface area (Å²) in [5.74, 6) is 0.903. The van der Waals surface area contributed by atoms with E-state index in [0.717, 1.165) is 11.4 Å². The lowest BCUT2D eigenvalue weighted by Gasteiger charge is -2.15. The first-order valence-corrected chi connectivity index (χ1v) is 6.57. The topological polar surface area (TPSA) is 34.1 Å². The van der Waals surface area contributed by atoms with E-state index in [4.69, 9.17) is 4.74 Å². The number of aromatic nitrogens is 1. The molecule has 1 heterocycles. The second-order valence-corrected chi connectivity index (χ2v) is 4.36. The zero-order valence-electron chi connectivity index (χ0n) is 10.0. The molecule has 4 heteroatoms. The first-order valence-electron chi connectivity index (χ1n) is 5.63. The number of rotatable bonds is 5. The van der Waals surface area contributed by atoms with Gasteiger partial charge in [0.2, 0.25) is 0 Å². The molecule has 0 aliphatic rings. The molecule has 0 aliphatic heterocycles. The molecule has 0 saturated heterocycles.